The summed E-state index contributed by atoms with van der Waals surface area (Å²) in [6.07, 6.45) is 10.1. The lowest BCUT2D eigenvalue weighted by atomic mass is 10.1. The zero-order valence-electron chi connectivity index (χ0n) is 13.9. The first-order chi connectivity index (χ1) is 12.3. The summed E-state index contributed by atoms with van der Waals surface area (Å²) in [5.41, 5.74) is 4.76. The molecule has 0 fully saturated rings. The van der Waals surface area contributed by atoms with E-state index in [0.29, 0.717) is 5.95 Å². The molecule has 25 heavy (non-hydrogen) atoms. The quantitative estimate of drug-likeness (QED) is 0.718. The van der Waals surface area contributed by atoms with Crippen LogP contribution in [0.2, 0.25) is 0 Å². The van der Waals surface area contributed by atoms with E-state index in [1.807, 2.05) is 42.5 Å². The van der Waals surface area contributed by atoms with Gasteiger partial charge < -0.3 is 5.32 Å². The number of aryl methyl sites for hydroxylation is 1. The fraction of sp³-hybridized carbons (Fsp3) is 0.143. The van der Waals surface area contributed by atoms with Crippen molar-refractivity contribution >= 4 is 23.6 Å². The van der Waals surface area contributed by atoms with Crippen LogP contribution in [-0.4, -0.2) is 15.5 Å². The van der Waals surface area contributed by atoms with Crippen molar-refractivity contribution in [1.29, 1.82) is 0 Å². The molecule has 124 valence electrons. The molecular formula is C21H19N3O. The number of allylic oxidation sites excluding steroid dienone is 1. The summed E-state index contributed by atoms with van der Waals surface area (Å²) >= 11 is 0. The third-order valence-corrected chi connectivity index (χ3v) is 4.49. The van der Waals surface area contributed by atoms with Gasteiger partial charge in [0.1, 0.15) is 0 Å². The van der Waals surface area contributed by atoms with Gasteiger partial charge in [0.2, 0.25) is 5.95 Å². The number of nitrogens with zero attached hydrogens (tertiary/aromatic N) is 2. The van der Waals surface area contributed by atoms with E-state index in [1.165, 1.54) is 22.1 Å². The van der Waals surface area contributed by atoms with E-state index in [9.17, 15) is 4.79 Å². The van der Waals surface area contributed by atoms with Gasteiger partial charge in [-0.2, -0.15) is 0 Å². The van der Waals surface area contributed by atoms with Crippen LogP contribution in [0.25, 0.3) is 6.08 Å². The molecule has 0 saturated heterocycles. The predicted molar refractivity (Wildman–Crippen MR) is 100 cm³/mol. The number of hydrogen-bond acceptors (Lipinski definition) is 3. The van der Waals surface area contributed by atoms with E-state index >= 15 is 0 Å². The van der Waals surface area contributed by atoms with Gasteiger partial charge in [-0.05, 0) is 48.1 Å². The molecule has 1 aliphatic rings. The maximum absolute atomic E-state index is 12.5. The molecule has 1 aliphatic carbocycles. The summed E-state index contributed by atoms with van der Waals surface area (Å²) in [6.45, 7) is 0. The lowest BCUT2D eigenvalue weighted by Gasteiger charge is -2.11. The van der Waals surface area contributed by atoms with Crippen LogP contribution in [-0.2, 0) is 12.8 Å². The highest BCUT2D eigenvalue weighted by atomic mass is 16.2. The molecule has 0 spiro atoms. The van der Waals surface area contributed by atoms with Crippen LogP contribution < -0.4 is 5.32 Å². The zero-order valence-corrected chi connectivity index (χ0v) is 13.9. The molecule has 2 aromatic carbocycles. The lowest BCUT2D eigenvalue weighted by Crippen LogP contribution is -2.10. The molecule has 1 heterocycles. The number of aromatic nitrogens is 2. The molecule has 0 saturated carbocycles. The maximum Gasteiger partial charge on any atom is 0.257 e. The minimum atomic E-state index is -0.128. The second-order valence-corrected chi connectivity index (χ2v) is 6.12. The molecule has 0 bridgehead atoms. The van der Waals surface area contributed by atoms with Crippen LogP contribution in [0.1, 0.15) is 27.9 Å². The standard InChI is InChI=1S/C21H19N3O/c25-20(13-12-16-6-2-1-3-7-16)24-15-14-22-21(24)23-19-11-5-9-17-8-4-10-18(17)19/h1-3,5-7,9,11-15H,4,8,10H2,(H,22,23). The van der Waals surface area contributed by atoms with Crippen molar-refractivity contribution in [3.05, 3.63) is 83.7 Å². The SMILES string of the molecule is O=C(C=Cc1ccccc1)n1ccnc1Nc1cccc2c1CCC2. The van der Waals surface area contributed by atoms with Crippen molar-refractivity contribution in [2.24, 2.45) is 0 Å². The molecular weight excluding hydrogens is 310 g/mol. The summed E-state index contributed by atoms with van der Waals surface area (Å²) in [7, 11) is 0. The van der Waals surface area contributed by atoms with E-state index in [1.54, 1.807) is 18.5 Å². The van der Waals surface area contributed by atoms with Gasteiger partial charge in [0.25, 0.3) is 5.91 Å². The molecule has 1 aromatic heterocycles. The minimum absolute atomic E-state index is 0.128. The normalized spacial score (nSPS) is 13.1. The fourth-order valence-electron chi connectivity index (χ4n) is 3.24. The highest BCUT2D eigenvalue weighted by Gasteiger charge is 2.16. The number of carbonyl (C=O) groups excluding carboxylic acids is 1. The lowest BCUT2D eigenvalue weighted by molar-refractivity contribution is 0.0972. The molecule has 0 unspecified atom stereocenters. The van der Waals surface area contributed by atoms with Crippen LogP contribution in [0.5, 0.6) is 0 Å². The summed E-state index contributed by atoms with van der Waals surface area (Å²) < 4.78 is 1.54. The van der Waals surface area contributed by atoms with Gasteiger partial charge in [-0.3, -0.25) is 9.36 Å². The molecule has 4 nitrogen and oxygen atoms in total. The Labute approximate surface area is 146 Å². The molecule has 1 N–H and O–H groups in total. The third kappa shape index (κ3) is 3.24. The van der Waals surface area contributed by atoms with E-state index < -0.39 is 0 Å². The zero-order chi connectivity index (χ0) is 17.1. The smallest absolute Gasteiger partial charge is 0.257 e. The molecule has 3 aromatic rings. The Morgan fingerprint density at radius 1 is 1.08 bits per heavy atom. The van der Waals surface area contributed by atoms with Gasteiger partial charge in [-0.25, -0.2) is 4.98 Å². The van der Waals surface area contributed by atoms with E-state index in [2.05, 4.69) is 22.4 Å². The molecule has 4 heteroatoms. The average molecular weight is 329 g/mol. The van der Waals surface area contributed by atoms with Crippen LogP contribution >= 0.6 is 0 Å². The Morgan fingerprint density at radius 2 is 1.96 bits per heavy atom. The number of nitrogens with one attached hydrogen (secondary N) is 1. The maximum atomic E-state index is 12.5. The number of carbonyl (C=O) groups is 1. The first-order valence-electron chi connectivity index (χ1n) is 8.50. The highest BCUT2D eigenvalue weighted by molar-refractivity contribution is 5.95. The van der Waals surface area contributed by atoms with Crippen LogP contribution in [0.15, 0.2) is 67.0 Å². The van der Waals surface area contributed by atoms with Gasteiger partial charge in [-0.1, -0.05) is 42.5 Å². The van der Waals surface area contributed by atoms with Gasteiger partial charge in [0, 0.05) is 24.2 Å². The Hall–Kier alpha value is -3.14. The van der Waals surface area contributed by atoms with Crippen molar-refractivity contribution in [3.63, 3.8) is 0 Å². The third-order valence-electron chi connectivity index (χ3n) is 4.49. The van der Waals surface area contributed by atoms with Crippen molar-refractivity contribution < 1.29 is 4.79 Å². The Bertz CT molecular complexity index is 925. The van der Waals surface area contributed by atoms with Gasteiger partial charge >= 0.3 is 0 Å². The monoisotopic (exact) mass is 329 g/mol. The molecule has 0 radical (unpaired) electrons. The fourth-order valence-corrected chi connectivity index (χ4v) is 3.24. The van der Waals surface area contributed by atoms with Crippen LogP contribution in [0.3, 0.4) is 0 Å². The first kappa shape index (κ1) is 15.4. The minimum Gasteiger partial charge on any atom is -0.325 e. The summed E-state index contributed by atoms with van der Waals surface area (Å²) in [5, 5.41) is 3.33. The Kier molecular flexibility index (Phi) is 4.17. The molecule has 0 atom stereocenters. The Morgan fingerprint density at radius 3 is 2.84 bits per heavy atom. The second kappa shape index (κ2) is 6.77. The number of fused-ring (bicyclic) bond motifs is 1. The molecule has 4 rings (SSSR count). The van der Waals surface area contributed by atoms with E-state index in [0.717, 1.165) is 24.1 Å². The number of benzene rings is 2. The van der Waals surface area contributed by atoms with Crippen molar-refractivity contribution in [3.8, 4) is 0 Å². The second-order valence-electron chi connectivity index (χ2n) is 6.12. The molecule has 0 amide bonds. The predicted octanol–water partition coefficient (Wildman–Crippen LogP) is 4.47. The van der Waals surface area contributed by atoms with E-state index in [4.69, 9.17) is 0 Å². The number of imidazole rings is 1. The van der Waals surface area contributed by atoms with Gasteiger partial charge in [0.15, 0.2) is 0 Å². The average Bonchev–Trinajstić information content (AvgIpc) is 3.30. The summed E-state index contributed by atoms with van der Waals surface area (Å²) in [4.78, 5) is 16.8. The molecule has 0 aliphatic heterocycles. The summed E-state index contributed by atoms with van der Waals surface area (Å²) in [5.74, 6) is 0.416. The van der Waals surface area contributed by atoms with Crippen molar-refractivity contribution in [2.75, 3.05) is 5.32 Å². The number of hydrogen-bond donors (Lipinski definition) is 1. The van der Waals surface area contributed by atoms with Crippen LogP contribution in [0, 0.1) is 0 Å². The topological polar surface area (TPSA) is 46.9 Å². The van der Waals surface area contributed by atoms with Crippen molar-refractivity contribution in [2.45, 2.75) is 19.3 Å². The summed E-state index contributed by atoms with van der Waals surface area (Å²) in [6, 6.07) is 16.1. The number of rotatable bonds is 4. The first-order valence-corrected chi connectivity index (χ1v) is 8.50. The van der Waals surface area contributed by atoms with E-state index in [-0.39, 0.29) is 5.91 Å². The van der Waals surface area contributed by atoms with Gasteiger partial charge in [0.05, 0.1) is 0 Å². The number of anilines is 2. The Balaban J connectivity index is 1.56. The largest absolute Gasteiger partial charge is 0.325 e. The van der Waals surface area contributed by atoms with Crippen molar-refractivity contribution in [1.82, 2.24) is 9.55 Å². The van der Waals surface area contributed by atoms with Crippen LogP contribution in [0.4, 0.5) is 11.6 Å². The highest BCUT2D eigenvalue weighted by Crippen LogP contribution is 2.30. The van der Waals surface area contributed by atoms with Gasteiger partial charge in [-0.15, -0.1) is 0 Å².